The largest absolute Gasteiger partial charge is 0.309 e. The summed E-state index contributed by atoms with van der Waals surface area (Å²) in [6.45, 7) is 4.47. The average molecular weight is 359 g/mol. The maximum absolute atomic E-state index is 14.2. The van der Waals surface area contributed by atoms with Crippen LogP contribution in [0.25, 0.3) is 0 Å². The zero-order valence-electron chi connectivity index (χ0n) is 14.8. The summed E-state index contributed by atoms with van der Waals surface area (Å²) >= 11 is 1.51. The molecule has 3 rings (SSSR count). The number of aromatic nitrogens is 2. The lowest BCUT2D eigenvalue weighted by Crippen LogP contribution is -2.36. The SMILES string of the molecule is CSc1nc(C)c(CCC(=O)N2CCCc3cccc(F)c32)c(C)n1. The Morgan fingerprint density at radius 1 is 1.28 bits per heavy atom. The van der Waals surface area contributed by atoms with Gasteiger partial charge in [0.1, 0.15) is 5.82 Å². The highest BCUT2D eigenvalue weighted by molar-refractivity contribution is 7.98. The summed E-state index contributed by atoms with van der Waals surface area (Å²) in [7, 11) is 0. The Kier molecular flexibility index (Phi) is 5.37. The number of carbonyl (C=O) groups excluding carboxylic acids is 1. The highest BCUT2D eigenvalue weighted by atomic mass is 32.2. The molecule has 132 valence electrons. The second-order valence-electron chi connectivity index (χ2n) is 6.26. The number of carbonyl (C=O) groups is 1. The van der Waals surface area contributed by atoms with Gasteiger partial charge in [-0.05, 0) is 56.6 Å². The molecule has 2 heterocycles. The number of para-hydroxylation sites is 1. The molecule has 0 radical (unpaired) electrons. The van der Waals surface area contributed by atoms with Crippen molar-refractivity contribution >= 4 is 23.4 Å². The normalized spacial score (nSPS) is 13.7. The van der Waals surface area contributed by atoms with Crippen LogP contribution in [0.5, 0.6) is 0 Å². The van der Waals surface area contributed by atoms with Crippen molar-refractivity contribution < 1.29 is 9.18 Å². The van der Waals surface area contributed by atoms with Gasteiger partial charge in [-0.3, -0.25) is 4.79 Å². The number of halogens is 1. The van der Waals surface area contributed by atoms with Crippen LogP contribution >= 0.6 is 11.8 Å². The second-order valence-corrected chi connectivity index (χ2v) is 7.03. The molecule has 0 aliphatic carbocycles. The van der Waals surface area contributed by atoms with Crippen LogP contribution in [0.1, 0.15) is 35.4 Å². The summed E-state index contributed by atoms with van der Waals surface area (Å²) in [5.41, 5.74) is 4.21. The summed E-state index contributed by atoms with van der Waals surface area (Å²) in [5.74, 6) is -0.357. The molecule has 0 saturated heterocycles. The third-order valence-electron chi connectivity index (χ3n) is 4.64. The van der Waals surface area contributed by atoms with Gasteiger partial charge < -0.3 is 4.90 Å². The molecule has 6 heteroatoms. The van der Waals surface area contributed by atoms with E-state index in [0.29, 0.717) is 25.1 Å². The Hall–Kier alpha value is -1.95. The van der Waals surface area contributed by atoms with Crippen molar-refractivity contribution in [3.05, 3.63) is 46.5 Å². The van der Waals surface area contributed by atoms with Crippen LogP contribution in [0.3, 0.4) is 0 Å². The van der Waals surface area contributed by atoms with Crippen LogP contribution in [-0.2, 0) is 17.6 Å². The Morgan fingerprint density at radius 2 is 2.00 bits per heavy atom. The lowest BCUT2D eigenvalue weighted by molar-refractivity contribution is -0.118. The quantitative estimate of drug-likeness (QED) is 0.614. The molecular formula is C19H22FN3OS. The molecule has 1 aliphatic heterocycles. The van der Waals surface area contributed by atoms with Crippen molar-refractivity contribution in [2.24, 2.45) is 0 Å². The van der Waals surface area contributed by atoms with Crippen molar-refractivity contribution in [3.63, 3.8) is 0 Å². The summed E-state index contributed by atoms with van der Waals surface area (Å²) in [6, 6.07) is 5.04. The van der Waals surface area contributed by atoms with Crippen LogP contribution in [0.2, 0.25) is 0 Å². The third kappa shape index (κ3) is 3.68. The van der Waals surface area contributed by atoms with Gasteiger partial charge in [0.2, 0.25) is 5.91 Å². The highest BCUT2D eigenvalue weighted by Gasteiger charge is 2.25. The van der Waals surface area contributed by atoms with Crippen molar-refractivity contribution in [2.75, 3.05) is 17.7 Å². The van der Waals surface area contributed by atoms with E-state index in [1.165, 1.54) is 17.8 Å². The molecule has 0 unspecified atom stereocenters. The van der Waals surface area contributed by atoms with E-state index in [4.69, 9.17) is 0 Å². The van der Waals surface area contributed by atoms with Crippen LogP contribution in [0, 0.1) is 19.7 Å². The Morgan fingerprint density at radius 3 is 2.68 bits per heavy atom. The van der Waals surface area contributed by atoms with Crippen LogP contribution < -0.4 is 4.90 Å². The molecule has 0 spiro atoms. The molecule has 0 N–H and O–H groups in total. The van der Waals surface area contributed by atoms with E-state index in [-0.39, 0.29) is 11.7 Å². The molecule has 1 aromatic heterocycles. The molecule has 1 aliphatic rings. The number of aryl methyl sites for hydroxylation is 3. The first-order valence-electron chi connectivity index (χ1n) is 8.47. The maximum Gasteiger partial charge on any atom is 0.227 e. The van der Waals surface area contributed by atoms with Crippen LogP contribution in [0.15, 0.2) is 23.4 Å². The molecule has 25 heavy (non-hydrogen) atoms. The summed E-state index contributed by atoms with van der Waals surface area (Å²) in [5, 5.41) is 0.747. The molecule has 1 amide bonds. The number of hydrogen-bond acceptors (Lipinski definition) is 4. The van der Waals surface area contributed by atoms with Crippen molar-refractivity contribution in [2.45, 2.75) is 44.7 Å². The van der Waals surface area contributed by atoms with Crippen molar-refractivity contribution in [1.29, 1.82) is 0 Å². The fourth-order valence-electron chi connectivity index (χ4n) is 3.38. The van der Waals surface area contributed by atoms with Crippen LogP contribution in [0.4, 0.5) is 10.1 Å². The van der Waals surface area contributed by atoms with Gasteiger partial charge >= 0.3 is 0 Å². The molecule has 2 aromatic rings. The van der Waals surface area contributed by atoms with E-state index in [2.05, 4.69) is 9.97 Å². The Labute approximate surface area is 151 Å². The minimum atomic E-state index is -0.314. The monoisotopic (exact) mass is 359 g/mol. The number of amides is 1. The number of fused-ring (bicyclic) bond motifs is 1. The number of anilines is 1. The van der Waals surface area contributed by atoms with E-state index >= 15 is 0 Å². The summed E-state index contributed by atoms with van der Waals surface area (Å²) in [4.78, 5) is 23.3. The third-order valence-corrected chi connectivity index (χ3v) is 5.19. The van der Waals surface area contributed by atoms with Gasteiger partial charge in [-0.15, -0.1) is 0 Å². The highest BCUT2D eigenvalue weighted by Crippen LogP contribution is 2.30. The minimum absolute atomic E-state index is 0.0428. The Bertz CT molecular complexity index is 786. The molecule has 1 aromatic carbocycles. The van der Waals surface area contributed by atoms with Crippen molar-refractivity contribution in [1.82, 2.24) is 9.97 Å². The first-order valence-corrected chi connectivity index (χ1v) is 9.69. The Balaban J connectivity index is 1.77. The molecular weight excluding hydrogens is 337 g/mol. The zero-order chi connectivity index (χ0) is 18.0. The van der Waals surface area contributed by atoms with Gasteiger partial charge in [0.05, 0.1) is 5.69 Å². The molecule has 0 fully saturated rings. The standard InChI is InChI=1S/C19H22FN3OS/c1-12-15(13(2)22-19(21-12)25-3)9-10-17(24)23-11-5-7-14-6-4-8-16(20)18(14)23/h4,6,8H,5,7,9-11H2,1-3H3. The lowest BCUT2D eigenvalue weighted by atomic mass is 10.00. The van der Waals surface area contributed by atoms with Crippen LogP contribution in [-0.4, -0.2) is 28.7 Å². The first-order chi connectivity index (χ1) is 12.0. The summed E-state index contributed by atoms with van der Waals surface area (Å²) < 4.78 is 14.2. The average Bonchev–Trinajstić information content (AvgIpc) is 2.60. The van der Waals surface area contributed by atoms with E-state index in [9.17, 15) is 9.18 Å². The van der Waals surface area contributed by atoms with Gasteiger partial charge in [-0.25, -0.2) is 14.4 Å². The van der Waals surface area contributed by atoms with Gasteiger partial charge in [0.25, 0.3) is 0 Å². The number of benzene rings is 1. The lowest BCUT2D eigenvalue weighted by Gasteiger charge is -2.30. The van der Waals surface area contributed by atoms with Gasteiger partial charge in [-0.1, -0.05) is 23.9 Å². The molecule has 0 saturated carbocycles. The predicted octanol–water partition coefficient (Wildman–Crippen LogP) is 3.87. The smallest absolute Gasteiger partial charge is 0.227 e. The van der Waals surface area contributed by atoms with E-state index in [1.54, 1.807) is 11.0 Å². The van der Waals surface area contributed by atoms with Gasteiger partial charge in [0.15, 0.2) is 5.16 Å². The fraction of sp³-hybridized carbons (Fsp3) is 0.421. The maximum atomic E-state index is 14.2. The number of rotatable bonds is 4. The molecule has 4 nitrogen and oxygen atoms in total. The first kappa shape index (κ1) is 17.9. The number of thioether (sulfide) groups is 1. The predicted molar refractivity (Wildman–Crippen MR) is 98.7 cm³/mol. The molecule has 0 atom stereocenters. The second kappa shape index (κ2) is 7.52. The number of hydrogen-bond donors (Lipinski definition) is 0. The van der Waals surface area contributed by atoms with Crippen molar-refractivity contribution in [3.8, 4) is 0 Å². The van der Waals surface area contributed by atoms with E-state index < -0.39 is 0 Å². The van der Waals surface area contributed by atoms with E-state index in [1.807, 2.05) is 26.2 Å². The topological polar surface area (TPSA) is 46.1 Å². The van der Waals surface area contributed by atoms with Gasteiger partial charge in [-0.2, -0.15) is 0 Å². The van der Waals surface area contributed by atoms with E-state index in [0.717, 1.165) is 40.5 Å². The zero-order valence-corrected chi connectivity index (χ0v) is 15.6. The molecule has 0 bridgehead atoms. The number of nitrogens with zero attached hydrogens (tertiary/aromatic N) is 3. The minimum Gasteiger partial charge on any atom is -0.309 e. The van der Waals surface area contributed by atoms with Gasteiger partial charge in [0, 0.05) is 24.4 Å². The summed E-state index contributed by atoms with van der Waals surface area (Å²) in [6.07, 6.45) is 4.54. The fourth-order valence-corrected chi connectivity index (χ4v) is 3.84.